The molecule has 0 saturated heterocycles. The molecule has 0 heterocycles. The summed E-state index contributed by atoms with van der Waals surface area (Å²) in [6.07, 6.45) is -0.0918. The topological polar surface area (TPSA) is 102 Å². The van der Waals surface area contributed by atoms with E-state index >= 15 is 0 Å². The zero-order valence-corrected chi connectivity index (χ0v) is 17.1. The Hall–Kier alpha value is -2.13. The van der Waals surface area contributed by atoms with Crippen LogP contribution >= 0.6 is 0 Å². The van der Waals surface area contributed by atoms with E-state index in [-0.39, 0.29) is 30.1 Å². The summed E-state index contributed by atoms with van der Waals surface area (Å²) in [7, 11) is -3.76. The van der Waals surface area contributed by atoms with Gasteiger partial charge in [-0.25, -0.2) is 8.42 Å². The Morgan fingerprint density at radius 1 is 1.04 bits per heavy atom. The average molecular weight is 400 g/mol. The van der Waals surface area contributed by atoms with E-state index in [4.69, 9.17) is 9.47 Å². The predicted octanol–water partition coefficient (Wildman–Crippen LogP) is 2.40. The molecule has 1 aromatic rings. The van der Waals surface area contributed by atoms with Crippen LogP contribution in [0, 0.1) is 0 Å². The monoisotopic (exact) mass is 400 g/mol. The van der Waals surface area contributed by atoms with Crippen molar-refractivity contribution in [2.24, 2.45) is 0 Å². The minimum Gasteiger partial charge on any atom is -0.492 e. The lowest BCUT2D eigenvalue weighted by molar-refractivity contribution is -0.144. The van der Waals surface area contributed by atoms with Crippen molar-refractivity contribution in [2.45, 2.75) is 45.4 Å². The van der Waals surface area contributed by atoms with Crippen LogP contribution in [-0.4, -0.2) is 50.9 Å². The van der Waals surface area contributed by atoms with Gasteiger partial charge < -0.3 is 14.8 Å². The number of sulfonamides is 1. The molecule has 1 amide bonds. The second-order valence-electron chi connectivity index (χ2n) is 5.54. The summed E-state index contributed by atoms with van der Waals surface area (Å²) in [5.41, 5.74) is 0.318. The fourth-order valence-corrected chi connectivity index (χ4v) is 4.05. The van der Waals surface area contributed by atoms with E-state index in [0.29, 0.717) is 25.4 Å². The first kappa shape index (κ1) is 22.9. The van der Waals surface area contributed by atoms with Crippen LogP contribution in [0.2, 0.25) is 0 Å². The highest BCUT2D eigenvalue weighted by molar-refractivity contribution is 7.89. The summed E-state index contributed by atoms with van der Waals surface area (Å²) in [5.74, 6) is -0.628. The van der Waals surface area contributed by atoms with Crippen LogP contribution in [0.1, 0.15) is 40.5 Å². The van der Waals surface area contributed by atoms with Gasteiger partial charge in [0.1, 0.15) is 10.6 Å². The van der Waals surface area contributed by atoms with Gasteiger partial charge in [0.05, 0.1) is 19.6 Å². The molecule has 152 valence electrons. The first-order valence-electron chi connectivity index (χ1n) is 9.02. The predicted molar refractivity (Wildman–Crippen MR) is 102 cm³/mol. The van der Waals surface area contributed by atoms with E-state index in [2.05, 4.69) is 5.32 Å². The number of nitrogens with zero attached hydrogens (tertiary/aromatic N) is 1. The molecule has 1 N–H and O–H groups in total. The first-order chi connectivity index (χ1) is 12.8. The van der Waals surface area contributed by atoms with Gasteiger partial charge in [0, 0.05) is 25.2 Å². The van der Waals surface area contributed by atoms with Gasteiger partial charge in [-0.3, -0.25) is 9.59 Å². The molecule has 1 aromatic carbocycles. The van der Waals surface area contributed by atoms with Gasteiger partial charge in [0.15, 0.2) is 0 Å². The molecule has 8 nitrogen and oxygen atoms in total. The molecule has 0 aliphatic rings. The Bertz CT molecular complexity index is 744. The minimum absolute atomic E-state index is 0.00348. The fourth-order valence-electron chi connectivity index (χ4n) is 2.44. The van der Waals surface area contributed by atoms with Gasteiger partial charge in [0.25, 0.3) is 0 Å². The molecule has 0 atom stereocenters. The van der Waals surface area contributed by atoms with E-state index in [1.807, 2.05) is 0 Å². The number of carbonyl (C=O) groups is 2. The quantitative estimate of drug-likeness (QED) is 0.572. The molecule has 0 aliphatic heterocycles. The Labute approximate surface area is 160 Å². The van der Waals surface area contributed by atoms with E-state index in [9.17, 15) is 18.0 Å². The number of carbonyl (C=O) groups excluding carboxylic acids is 2. The zero-order valence-electron chi connectivity index (χ0n) is 16.3. The summed E-state index contributed by atoms with van der Waals surface area (Å²) >= 11 is 0. The van der Waals surface area contributed by atoms with Gasteiger partial charge in [0.2, 0.25) is 15.9 Å². The van der Waals surface area contributed by atoms with Crippen molar-refractivity contribution in [3.63, 3.8) is 0 Å². The normalized spacial score (nSPS) is 11.3. The van der Waals surface area contributed by atoms with Crippen molar-refractivity contribution in [3.8, 4) is 5.75 Å². The number of hydrogen-bond donors (Lipinski definition) is 1. The third-order valence-electron chi connectivity index (χ3n) is 3.71. The van der Waals surface area contributed by atoms with Gasteiger partial charge in [-0.2, -0.15) is 4.31 Å². The maximum Gasteiger partial charge on any atom is 0.306 e. The van der Waals surface area contributed by atoms with Crippen molar-refractivity contribution < 1.29 is 27.5 Å². The number of hydrogen-bond acceptors (Lipinski definition) is 6. The number of amides is 1. The number of nitrogens with one attached hydrogen (secondary N) is 1. The van der Waals surface area contributed by atoms with E-state index in [1.165, 1.54) is 16.4 Å². The lowest BCUT2D eigenvalue weighted by atomic mass is 10.2. The van der Waals surface area contributed by atoms with Crippen molar-refractivity contribution in [1.29, 1.82) is 0 Å². The highest BCUT2D eigenvalue weighted by Gasteiger charge is 2.26. The number of benzene rings is 1. The molecule has 0 spiro atoms. The standard InChI is InChI=1S/C18H28N2O6S/c1-5-20(6-2)27(23,24)16-13-14(9-10-15(16)25-7-3)19-17(21)11-12-18(22)26-8-4/h9-10,13H,5-8,11-12H2,1-4H3,(H,19,21). The first-order valence-corrected chi connectivity index (χ1v) is 10.5. The number of rotatable bonds is 11. The summed E-state index contributed by atoms with van der Waals surface area (Å²) < 4.78 is 37.3. The Kier molecular flexibility index (Phi) is 9.23. The highest BCUT2D eigenvalue weighted by Crippen LogP contribution is 2.30. The summed E-state index contributed by atoms with van der Waals surface area (Å²) in [5, 5.41) is 2.61. The van der Waals surface area contributed by atoms with Crippen molar-refractivity contribution in [1.82, 2.24) is 4.31 Å². The second kappa shape index (κ2) is 10.9. The van der Waals surface area contributed by atoms with Crippen LogP contribution in [0.3, 0.4) is 0 Å². The lowest BCUT2D eigenvalue weighted by Crippen LogP contribution is -2.31. The van der Waals surface area contributed by atoms with Crippen LogP contribution in [0.15, 0.2) is 23.1 Å². The van der Waals surface area contributed by atoms with Gasteiger partial charge >= 0.3 is 5.97 Å². The Morgan fingerprint density at radius 3 is 2.26 bits per heavy atom. The molecule has 9 heteroatoms. The largest absolute Gasteiger partial charge is 0.492 e. The number of ether oxygens (including phenoxy) is 2. The molecular weight excluding hydrogens is 372 g/mol. The molecule has 0 fully saturated rings. The van der Waals surface area contributed by atoms with E-state index in [1.54, 1.807) is 33.8 Å². The lowest BCUT2D eigenvalue weighted by Gasteiger charge is -2.21. The van der Waals surface area contributed by atoms with Crippen molar-refractivity contribution in [3.05, 3.63) is 18.2 Å². The van der Waals surface area contributed by atoms with Gasteiger partial charge in [-0.15, -0.1) is 0 Å². The molecule has 27 heavy (non-hydrogen) atoms. The maximum absolute atomic E-state index is 12.9. The van der Waals surface area contributed by atoms with Crippen LogP contribution < -0.4 is 10.1 Å². The maximum atomic E-state index is 12.9. The SMILES string of the molecule is CCOC(=O)CCC(=O)Nc1ccc(OCC)c(S(=O)(=O)N(CC)CC)c1. The summed E-state index contributed by atoms with van der Waals surface area (Å²) in [6, 6.07) is 4.45. The summed E-state index contributed by atoms with van der Waals surface area (Å²) in [4.78, 5) is 23.4. The molecular formula is C18H28N2O6S. The zero-order chi connectivity index (χ0) is 20.4. The molecule has 0 aromatic heterocycles. The third kappa shape index (κ3) is 6.51. The molecule has 0 radical (unpaired) electrons. The molecule has 1 rings (SSSR count). The fraction of sp³-hybridized carbons (Fsp3) is 0.556. The van der Waals surface area contributed by atoms with Crippen LogP contribution in [-0.2, 0) is 24.3 Å². The number of anilines is 1. The molecule has 0 saturated carbocycles. The molecule has 0 bridgehead atoms. The number of esters is 1. The summed E-state index contributed by atoms with van der Waals surface area (Å²) in [6.45, 7) is 8.17. The van der Waals surface area contributed by atoms with Crippen molar-refractivity contribution >= 4 is 27.6 Å². The van der Waals surface area contributed by atoms with Crippen LogP contribution in [0.5, 0.6) is 5.75 Å². The third-order valence-corrected chi connectivity index (χ3v) is 5.78. The van der Waals surface area contributed by atoms with Crippen LogP contribution in [0.4, 0.5) is 5.69 Å². The van der Waals surface area contributed by atoms with Crippen LogP contribution in [0.25, 0.3) is 0 Å². The van der Waals surface area contributed by atoms with Gasteiger partial charge in [-0.05, 0) is 32.0 Å². The molecule has 0 unspecified atom stereocenters. The highest BCUT2D eigenvalue weighted by atomic mass is 32.2. The minimum atomic E-state index is -3.76. The molecule has 0 aliphatic carbocycles. The Morgan fingerprint density at radius 2 is 1.70 bits per heavy atom. The Balaban J connectivity index is 3.05. The smallest absolute Gasteiger partial charge is 0.306 e. The van der Waals surface area contributed by atoms with E-state index < -0.39 is 21.9 Å². The second-order valence-corrected chi connectivity index (χ2v) is 7.44. The van der Waals surface area contributed by atoms with Gasteiger partial charge in [-0.1, -0.05) is 13.8 Å². The van der Waals surface area contributed by atoms with Crippen molar-refractivity contribution in [2.75, 3.05) is 31.6 Å². The van der Waals surface area contributed by atoms with E-state index in [0.717, 1.165) is 0 Å². The average Bonchev–Trinajstić information content (AvgIpc) is 2.62.